The first-order valence-corrected chi connectivity index (χ1v) is 7.18. The van der Waals surface area contributed by atoms with Crippen LogP contribution in [0.5, 0.6) is 0 Å². The maximum Gasteiger partial charge on any atom is 0.303 e. The summed E-state index contributed by atoms with van der Waals surface area (Å²) >= 11 is 0. The lowest BCUT2D eigenvalue weighted by molar-refractivity contribution is -0.199. The first kappa shape index (κ1) is 17.7. The standard InChI is InChI=1S/C15H24O6/c1-5-10(2)8-19-15-7-6-13(20-12(4)17)14(21-15)9-18-11(3)16/h6-7,10,13-15H,5,8-9H2,1-4H3/t10?,13-,14+,15-/m0/s1. The molecule has 0 saturated carbocycles. The Balaban J connectivity index is 2.59. The molecule has 1 rings (SSSR count). The molecule has 0 aromatic rings. The molecule has 6 heteroatoms. The van der Waals surface area contributed by atoms with Crippen LogP contribution in [0.15, 0.2) is 12.2 Å². The third-order valence-corrected chi connectivity index (χ3v) is 3.13. The third kappa shape index (κ3) is 6.73. The van der Waals surface area contributed by atoms with Crippen LogP contribution < -0.4 is 0 Å². The topological polar surface area (TPSA) is 71.1 Å². The summed E-state index contributed by atoms with van der Waals surface area (Å²) in [5.41, 5.74) is 0. The van der Waals surface area contributed by atoms with Crippen molar-refractivity contribution in [2.24, 2.45) is 5.92 Å². The average molecular weight is 300 g/mol. The van der Waals surface area contributed by atoms with Crippen LogP contribution in [0.2, 0.25) is 0 Å². The van der Waals surface area contributed by atoms with Crippen molar-refractivity contribution in [3.05, 3.63) is 12.2 Å². The lowest BCUT2D eigenvalue weighted by Gasteiger charge is -2.31. The van der Waals surface area contributed by atoms with Gasteiger partial charge in [-0.25, -0.2) is 0 Å². The van der Waals surface area contributed by atoms with Gasteiger partial charge in [0.05, 0.1) is 6.61 Å². The normalized spacial score (nSPS) is 26.2. The summed E-state index contributed by atoms with van der Waals surface area (Å²) in [5, 5.41) is 0. The average Bonchev–Trinajstić information content (AvgIpc) is 2.43. The molecule has 1 unspecified atom stereocenters. The SMILES string of the molecule is CCC(C)CO[C@@H]1C=C[C@H](OC(C)=O)[C@@H](COC(C)=O)O1. The highest BCUT2D eigenvalue weighted by Gasteiger charge is 2.31. The second-order valence-electron chi connectivity index (χ2n) is 5.15. The molecule has 0 aromatic heterocycles. The van der Waals surface area contributed by atoms with E-state index in [1.165, 1.54) is 13.8 Å². The molecule has 0 bridgehead atoms. The van der Waals surface area contributed by atoms with Crippen molar-refractivity contribution in [2.45, 2.75) is 52.6 Å². The van der Waals surface area contributed by atoms with E-state index < -0.39 is 30.4 Å². The molecule has 120 valence electrons. The van der Waals surface area contributed by atoms with Gasteiger partial charge in [0.1, 0.15) is 18.8 Å². The zero-order valence-corrected chi connectivity index (χ0v) is 13.0. The van der Waals surface area contributed by atoms with Crippen LogP contribution in [0.3, 0.4) is 0 Å². The molecule has 6 nitrogen and oxygen atoms in total. The molecule has 0 radical (unpaired) electrons. The van der Waals surface area contributed by atoms with E-state index in [9.17, 15) is 9.59 Å². The van der Waals surface area contributed by atoms with Gasteiger partial charge in [0, 0.05) is 13.8 Å². The molecule has 1 aliphatic rings. The molecule has 0 amide bonds. The van der Waals surface area contributed by atoms with Gasteiger partial charge >= 0.3 is 11.9 Å². The fraction of sp³-hybridized carbons (Fsp3) is 0.733. The maximum absolute atomic E-state index is 11.1. The van der Waals surface area contributed by atoms with Gasteiger partial charge in [0.2, 0.25) is 0 Å². The zero-order chi connectivity index (χ0) is 15.8. The van der Waals surface area contributed by atoms with Crippen molar-refractivity contribution in [1.29, 1.82) is 0 Å². The number of hydrogen-bond donors (Lipinski definition) is 0. The molecule has 0 N–H and O–H groups in total. The smallest absolute Gasteiger partial charge is 0.303 e. The molecule has 4 atom stereocenters. The van der Waals surface area contributed by atoms with Gasteiger partial charge in [-0.3, -0.25) is 9.59 Å². The summed E-state index contributed by atoms with van der Waals surface area (Å²) in [4.78, 5) is 22.0. The minimum absolute atomic E-state index is 0.0147. The van der Waals surface area contributed by atoms with Crippen molar-refractivity contribution in [3.63, 3.8) is 0 Å². The molecule has 21 heavy (non-hydrogen) atoms. The van der Waals surface area contributed by atoms with Gasteiger partial charge in [0.15, 0.2) is 6.29 Å². The van der Waals surface area contributed by atoms with Gasteiger partial charge in [0.25, 0.3) is 0 Å². The third-order valence-electron chi connectivity index (χ3n) is 3.13. The number of hydrogen-bond acceptors (Lipinski definition) is 6. The lowest BCUT2D eigenvalue weighted by Crippen LogP contribution is -2.42. The summed E-state index contributed by atoms with van der Waals surface area (Å²) in [6, 6.07) is 0. The van der Waals surface area contributed by atoms with Crippen LogP contribution in [0.4, 0.5) is 0 Å². The van der Waals surface area contributed by atoms with E-state index in [1.54, 1.807) is 12.2 Å². The minimum Gasteiger partial charge on any atom is -0.463 e. The Labute approximate surface area is 125 Å². The van der Waals surface area contributed by atoms with Crippen LogP contribution in [0, 0.1) is 5.92 Å². The minimum atomic E-state index is -0.578. The summed E-state index contributed by atoms with van der Waals surface area (Å²) in [7, 11) is 0. The van der Waals surface area contributed by atoms with Gasteiger partial charge in [-0.05, 0) is 18.1 Å². The van der Waals surface area contributed by atoms with Crippen LogP contribution in [-0.4, -0.2) is 43.7 Å². The monoisotopic (exact) mass is 300 g/mol. The fourth-order valence-electron chi connectivity index (χ4n) is 1.73. The van der Waals surface area contributed by atoms with Gasteiger partial charge in [-0.1, -0.05) is 20.3 Å². The van der Waals surface area contributed by atoms with Crippen LogP contribution in [0.1, 0.15) is 34.1 Å². The number of carbonyl (C=O) groups is 2. The predicted octanol–water partition coefficient (Wildman–Crippen LogP) is 1.82. The maximum atomic E-state index is 11.1. The predicted molar refractivity (Wildman–Crippen MR) is 75.4 cm³/mol. The van der Waals surface area contributed by atoms with E-state index >= 15 is 0 Å². The highest BCUT2D eigenvalue weighted by Crippen LogP contribution is 2.18. The Kier molecular flexibility index (Phi) is 7.39. The van der Waals surface area contributed by atoms with Crippen molar-refractivity contribution < 1.29 is 28.5 Å². The van der Waals surface area contributed by atoms with Gasteiger partial charge < -0.3 is 18.9 Å². The van der Waals surface area contributed by atoms with Crippen molar-refractivity contribution in [3.8, 4) is 0 Å². The Morgan fingerprint density at radius 3 is 2.52 bits per heavy atom. The molecule has 0 fully saturated rings. The van der Waals surface area contributed by atoms with Crippen molar-refractivity contribution in [1.82, 2.24) is 0 Å². The number of ether oxygens (including phenoxy) is 4. The molecule has 0 aliphatic carbocycles. The number of esters is 2. The fourth-order valence-corrected chi connectivity index (χ4v) is 1.73. The van der Waals surface area contributed by atoms with Crippen molar-refractivity contribution >= 4 is 11.9 Å². The van der Waals surface area contributed by atoms with Crippen molar-refractivity contribution in [2.75, 3.05) is 13.2 Å². The molecular formula is C15H24O6. The Morgan fingerprint density at radius 2 is 1.95 bits per heavy atom. The zero-order valence-electron chi connectivity index (χ0n) is 13.0. The molecule has 0 spiro atoms. The largest absolute Gasteiger partial charge is 0.463 e. The van der Waals surface area contributed by atoms with Gasteiger partial charge in [-0.15, -0.1) is 0 Å². The summed E-state index contributed by atoms with van der Waals surface area (Å²) in [5.74, 6) is -0.396. The van der Waals surface area contributed by atoms with E-state index in [2.05, 4.69) is 13.8 Å². The highest BCUT2D eigenvalue weighted by atomic mass is 16.7. The van der Waals surface area contributed by atoms with E-state index in [0.717, 1.165) is 6.42 Å². The Morgan fingerprint density at radius 1 is 1.24 bits per heavy atom. The molecule has 1 heterocycles. The summed E-state index contributed by atoms with van der Waals surface area (Å²) in [6.07, 6.45) is 2.77. The molecule has 1 aliphatic heterocycles. The molecular weight excluding hydrogens is 276 g/mol. The van der Waals surface area contributed by atoms with Crippen LogP contribution in [0.25, 0.3) is 0 Å². The summed E-state index contributed by atoms with van der Waals surface area (Å²) in [6.45, 7) is 7.40. The number of carbonyl (C=O) groups excluding carboxylic acids is 2. The Bertz CT molecular complexity index is 378. The van der Waals surface area contributed by atoms with E-state index in [0.29, 0.717) is 12.5 Å². The van der Waals surface area contributed by atoms with E-state index in [4.69, 9.17) is 18.9 Å². The summed E-state index contributed by atoms with van der Waals surface area (Å²) < 4.78 is 21.4. The lowest BCUT2D eigenvalue weighted by atomic mass is 10.1. The van der Waals surface area contributed by atoms with Gasteiger partial charge in [-0.2, -0.15) is 0 Å². The first-order valence-electron chi connectivity index (χ1n) is 7.18. The Hall–Kier alpha value is -1.40. The van der Waals surface area contributed by atoms with E-state index in [1.807, 2.05) is 0 Å². The van der Waals surface area contributed by atoms with E-state index in [-0.39, 0.29) is 6.61 Å². The first-order chi connectivity index (χ1) is 9.92. The quantitative estimate of drug-likeness (QED) is 0.527. The second-order valence-corrected chi connectivity index (χ2v) is 5.15. The van der Waals surface area contributed by atoms with Crippen LogP contribution >= 0.6 is 0 Å². The number of rotatable bonds is 7. The molecule has 0 saturated heterocycles. The second kappa shape index (κ2) is 8.79. The molecule has 0 aromatic carbocycles. The highest BCUT2D eigenvalue weighted by molar-refractivity contribution is 5.66. The van der Waals surface area contributed by atoms with Crippen LogP contribution in [-0.2, 0) is 28.5 Å².